The van der Waals surface area contributed by atoms with Crippen LogP contribution in [0.3, 0.4) is 0 Å². The van der Waals surface area contributed by atoms with Crippen LogP contribution < -0.4 is 14.8 Å². The molecule has 0 heterocycles. The number of carbonyl (C=O) groups is 2. The van der Waals surface area contributed by atoms with Crippen molar-refractivity contribution in [3.8, 4) is 11.5 Å². The lowest BCUT2D eigenvalue weighted by molar-refractivity contribution is 0.0525. The Morgan fingerprint density at radius 2 is 1.63 bits per heavy atom. The lowest BCUT2D eigenvalue weighted by Gasteiger charge is -2.14. The van der Waals surface area contributed by atoms with Crippen LogP contribution in [-0.2, 0) is 4.74 Å². The topological polar surface area (TPSA) is 73.9 Å². The van der Waals surface area contributed by atoms with Crippen LogP contribution >= 0.6 is 0 Å². The molecular formula is C21H25NO5. The van der Waals surface area contributed by atoms with E-state index in [1.54, 1.807) is 50.2 Å². The summed E-state index contributed by atoms with van der Waals surface area (Å²) in [5, 5.41) is 2.84. The minimum absolute atomic E-state index is 0.293. The van der Waals surface area contributed by atoms with E-state index in [0.717, 1.165) is 0 Å². The third-order valence-electron chi connectivity index (χ3n) is 3.88. The van der Waals surface area contributed by atoms with Crippen molar-refractivity contribution in [1.29, 1.82) is 0 Å². The molecule has 0 saturated carbocycles. The Balaban J connectivity index is 2.26. The van der Waals surface area contributed by atoms with Crippen LogP contribution in [0.1, 0.15) is 47.1 Å². The average molecular weight is 371 g/mol. The first-order chi connectivity index (χ1) is 13.0. The number of benzene rings is 2. The standard InChI is InChI=1S/C21H25NO5/c1-5-25-18-12-11-15(13-19(18)26-6-2)20(23)22-17-10-8-9-16(14(17)4)21(24)27-7-3/h8-13H,5-7H2,1-4H3,(H,22,23). The first-order valence-corrected chi connectivity index (χ1v) is 8.99. The van der Waals surface area contributed by atoms with Gasteiger partial charge in [-0.25, -0.2) is 4.79 Å². The number of hydrogen-bond acceptors (Lipinski definition) is 5. The maximum atomic E-state index is 12.7. The summed E-state index contributed by atoms with van der Waals surface area (Å²) in [5.41, 5.74) is 2.07. The van der Waals surface area contributed by atoms with Gasteiger partial charge in [-0.3, -0.25) is 4.79 Å². The summed E-state index contributed by atoms with van der Waals surface area (Å²) in [6.45, 7) is 8.54. The van der Waals surface area contributed by atoms with Crippen molar-refractivity contribution in [2.45, 2.75) is 27.7 Å². The highest BCUT2D eigenvalue weighted by atomic mass is 16.5. The van der Waals surface area contributed by atoms with Gasteiger partial charge in [0, 0.05) is 11.3 Å². The zero-order valence-electron chi connectivity index (χ0n) is 16.1. The van der Waals surface area contributed by atoms with Crippen molar-refractivity contribution < 1.29 is 23.8 Å². The molecule has 1 N–H and O–H groups in total. The largest absolute Gasteiger partial charge is 0.490 e. The predicted molar refractivity (Wildman–Crippen MR) is 104 cm³/mol. The van der Waals surface area contributed by atoms with Crippen LogP contribution in [0.4, 0.5) is 5.69 Å². The molecular weight excluding hydrogens is 346 g/mol. The van der Waals surface area contributed by atoms with E-state index < -0.39 is 5.97 Å². The number of carbonyl (C=O) groups excluding carboxylic acids is 2. The summed E-state index contributed by atoms with van der Waals surface area (Å²) in [6.07, 6.45) is 0. The van der Waals surface area contributed by atoms with Crippen LogP contribution in [-0.4, -0.2) is 31.7 Å². The third kappa shape index (κ3) is 5.00. The van der Waals surface area contributed by atoms with E-state index in [2.05, 4.69) is 5.32 Å². The highest BCUT2D eigenvalue weighted by Gasteiger charge is 2.16. The van der Waals surface area contributed by atoms with Crippen LogP contribution in [0.2, 0.25) is 0 Å². The molecule has 2 rings (SSSR count). The van der Waals surface area contributed by atoms with Crippen molar-refractivity contribution >= 4 is 17.6 Å². The van der Waals surface area contributed by atoms with Crippen LogP contribution in [0.5, 0.6) is 11.5 Å². The van der Waals surface area contributed by atoms with Gasteiger partial charge in [-0.2, -0.15) is 0 Å². The molecule has 0 atom stereocenters. The Morgan fingerprint density at radius 3 is 2.30 bits per heavy atom. The molecule has 0 aliphatic rings. The van der Waals surface area contributed by atoms with Crippen molar-refractivity contribution in [2.24, 2.45) is 0 Å². The average Bonchev–Trinajstić information content (AvgIpc) is 2.65. The number of anilines is 1. The summed E-state index contributed by atoms with van der Waals surface area (Å²) in [6, 6.07) is 10.2. The summed E-state index contributed by atoms with van der Waals surface area (Å²) >= 11 is 0. The molecule has 0 aliphatic heterocycles. The second kappa shape index (κ2) is 9.62. The van der Waals surface area contributed by atoms with Gasteiger partial charge in [-0.15, -0.1) is 0 Å². The Bertz CT molecular complexity index is 816. The number of ether oxygens (including phenoxy) is 3. The fourth-order valence-electron chi connectivity index (χ4n) is 2.59. The monoisotopic (exact) mass is 371 g/mol. The van der Waals surface area contributed by atoms with Gasteiger partial charge in [0.1, 0.15) is 0 Å². The van der Waals surface area contributed by atoms with E-state index in [9.17, 15) is 9.59 Å². The van der Waals surface area contributed by atoms with Crippen LogP contribution in [0.15, 0.2) is 36.4 Å². The second-order valence-electron chi connectivity index (χ2n) is 5.68. The van der Waals surface area contributed by atoms with Crippen molar-refractivity contribution in [2.75, 3.05) is 25.1 Å². The van der Waals surface area contributed by atoms with Gasteiger partial charge in [0.25, 0.3) is 5.91 Å². The van der Waals surface area contributed by atoms with Crippen molar-refractivity contribution in [3.63, 3.8) is 0 Å². The maximum Gasteiger partial charge on any atom is 0.338 e. The quantitative estimate of drug-likeness (QED) is 0.703. The van der Waals surface area contributed by atoms with E-state index in [4.69, 9.17) is 14.2 Å². The summed E-state index contributed by atoms with van der Waals surface area (Å²) in [7, 11) is 0. The summed E-state index contributed by atoms with van der Waals surface area (Å²) < 4.78 is 16.1. The first kappa shape index (κ1) is 20.3. The summed E-state index contributed by atoms with van der Waals surface area (Å²) in [4.78, 5) is 24.7. The fraction of sp³-hybridized carbons (Fsp3) is 0.333. The van der Waals surface area contributed by atoms with E-state index in [-0.39, 0.29) is 5.91 Å². The fourth-order valence-corrected chi connectivity index (χ4v) is 2.59. The normalized spacial score (nSPS) is 10.2. The highest BCUT2D eigenvalue weighted by molar-refractivity contribution is 6.06. The van der Waals surface area contributed by atoms with E-state index in [1.165, 1.54) is 0 Å². The molecule has 6 nitrogen and oxygen atoms in total. The first-order valence-electron chi connectivity index (χ1n) is 8.99. The molecule has 0 aliphatic carbocycles. The predicted octanol–water partition coefficient (Wildman–Crippen LogP) is 4.22. The van der Waals surface area contributed by atoms with Gasteiger partial charge >= 0.3 is 5.97 Å². The lowest BCUT2D eigenvalue weighted by atomic mass is 10.1. The Hall–Kier alpha value is -3.02. The molecule has 2 aromatic rings. The zero-order chi connectivity index (χ0) is 19.8. The lowest BCUT2D eigenvalue weighted by Crippen LogP contribution is -2.15. The van der Waals surface area contributed by atoms with Gasteiger partial charge in [-0.05, 0) is 63.6 Å². The molecule has 0 aromatic heterocycles. The molecule has 2 aromatic carbocycles. The summed E-state index contributed by atoms with van der Waals surface area (Å²) in [5.74, 6) is 0.397. The van der Waals surface area contributed by atoms with Gasteiger partial charge in [0.2, 0.25) is 0 Å². The molecule has 144 valence electrons. The SMILES string of the molecule is CCOC(=O)c1cccc(NC(=O)c2ccc(OCC)c(OCC)c2)c1C. The van der Waals surface area contributed by atoms with E-state index in [1.807, 2.05) is 13.8 Å². The molecule has 1 amide bonds. The van der Waals surface area contributed by atoms with E-state index >= 15 is 0 Å². The number of esters is 1. The molecule has 0 saturated heterocycles. The number of hydrogen-bond donors (Lipinski definition) is 1. The van der Waals surface area contributed by atoms with Gasteiger partial charge < -0.3 is 19.5 Å². The molecule has 0 spiro atoms. The highest BCUT2D eigenvalue weighted by Crippen LogP contribution is 2.29. The molecule has 6 heteroatoms. The van der Waals surface area contributed by atoms with Crippen molar-refractivity contribution in [3.05, 3.63) is 53.1 Å². The Morgan fingerprint density at radius 1 is 0.926 bits per heavy atom. The van der Waals surface area contributed by atoms with Gasteiger partial charge in [-0.1, -0.05) is 6.07 Å². The van der Waals surface area contributed by atoms with Crippen LogP contribution in [0, 0.1) is 6.92 Å². The molecule has 0 unspecified atom stereocenters. The maximum absolute atomic E-state index is 12.7. The van der Waals surface area contributed by atoms with E-state index in [0.29, 0.717) is 53.7 Å². The van der Waals surface area contributed by atoms with Gasteiger partial charge in [0.05, 0.1) is 25.4 Å². The third-order valence-corrected chi connectivity index (χ3v) is 3.88. The number of amides is 1. The zero-order valence-corrected chi connectivity index (χ0v) is 16.1. The minimum Gasteiger partial charge on any atom is -0.490 e. The molecule has 0 bridgehead atoms. The van der Waals surface area contributed by atoms with Gasteiger partial charge in [0.15, 0.2) is 11.5 Å². The number of rotatable bonds is 8. The minimum atomic E-state index is -0.411. The Kier molecular flexibility index (Phi) is 7.23. The Labute approximate surface area is 159 Å². The smallest absolute Gasteiger partial charge is 0.338 e. The number of nitrogens with one attached hydrogen (secondary N) is 1. The second-order valence-corrected chi connectivity index (χ2v) is 5.68. The van der Waals surface area contributed by atoms with Crippen LogP contribution in [0.25, 0.3) is 0 Å². The molecule has 27 heavy (non-hydrogen) atoms. The van der Waals surface area contributed by atoms with Crippen molar-refractivity contribution in [1.82, 2.24) is 0 Å². The molecule has 0 radical (unpaired) electrons. The molecule has 0 fully saturated rings.